The van der Waals surface area contributed by atoms with Gasteiger partial charge in [-0.25, -0.2) is 0 Å². The number of hydrogen-bond donors (Lipinski definition) is 0. The van der Waals surface area contributed by atoms with Gasteiger partial charge < -0.3 is 14.4 Å². The third kappa shape index (κ3) is 10.3. The Labute approximate surface area is 287 Å². The first-order valence-corrected chi connectivity index (χ1v) is 17.6. The van der Waals surface area contributed by atoms with Crippen LogP contribution in [0.1, 0.15) is 81.9 Å². The third-order valence-electron chi connectivity index (χ3n) is 8.30. The number of rotatable bonds is 18. The van der Waals surface area contributed by atoms with Gasteiger partial charge in [0.15, 0.2) is 0 Å². The number of pyridine rings is 2. The Bertz CT molecular complexity index is 1640. The second-order valence-electron chi connectivity index (χ2n) is 12.3. The molecular weight excluding hydrogens is 590 g/mol. The van der Waals surface area contributed by atoms with Crippen LogP contribution in [0.4, 0.5) is 17.1 Å². The van der Waals surface area contributed by atoms with Crippen LogP contribution in [0.2, 0.25) is 0 Å². The Kier molecular flexibility index (Phi) is 13.2. The smallest absolute Gasteiger partial charge is 0.119 e. The molecule has 248 valence electrons. The molecule has 0 radical (unpaired) electrons. The molecule has 5 nitrogen and oxygen atoms in total. The topological polar surface area (TPSA) is 47.5 Å². The molecule has 5 aromatic rings. The Balaban J connectivity index is 1.32. The molecule has 0 aliphatic heterocycles. The van der Waals surface area contributed by atoms with E-state index < -0.39 is 0 Å². The molecule has 0 spiro atoms. The molecule has 5 rings (SSSR count). The van der Waals surface area contributed by atoms with Crippen LogP contribution >= 0.6 is 0 Å². The van der Waals surface area contributed by atoms with E-state index in [0.29, 0.717) is 0 Å². The highest BCUT2D eigenvalue weighted by molar-refractivity contribution is 5.79. The lowest BCUT2D eigenvalue weighted by molar-refractivity contribution is 0.305. The fourth-order valence-corrected chi connectivity index (χ4v) is 5.56. The van der Waals surface area contributed by atoms with Crippen molar-refractivity contribution in [3.05, 3.63) is 126 Å². The largest absolute Gasteiger partial charge is 0.494 e. The van der Waals surface area contributed by atoms with E-state index in [1.54, 1.807) is 0 Å². The minimum Gasteiger partial charge on any atom is -0.494 e. The lowest BCUT2D eigenvalue weighted by Crippen LogP contribution is -2.10. The molecule has 2 aromatic heterocycles. The van der Waals surface area contributed by atoms with Crippen molar-refractivity contribution in [2.75, 3.05) is 18.1 Å². The van der Waals surface area contributed by atoms with E-state index in [0.717, 1.165) is 77.1 Å². The Hall–Kier alpha value is -4.90. The number of nitrogens with zero attached hydrogens (tertiary/aromatic N) is 3. The monoisotopic (exact) mass is 639 g/mol. The van der Waals surface area contributed by atoms with Gasteiger partial charge in [0.1, 0.15) is 11.5 Å². The average Bonchev–Trinajstić information content (AvgIpc) is 3.12. The van der Waals surface area contributed by atoms with Gasteiger partial charge in [0.05, 0.1) is 24.6 Å². The molecule has 0 unspecified atom stereocenters. The fourth-order valence-electron chi connectivity index (χ4n) is 5.56. The molecule has 0 amide bonds. The van der Waals surface area contributed by atoms with Crippen LogP contribution in [-0.4, -0.2) is 23.2 Å². The highest BCUT2D eigenvalue weighted by atomic mass is 16.5. The van der Waals surface area contributed by atoms with Crippen molar-refractivity contribution >= 4 is 29.2 Å². The predicted octanol–water partition coefficient (Wildman–Crippen LogP) is 12.0. The van der Waals surface area contributed by atoms with Crippen LogP contribution in [-0.2, 0) is 0 Å². The van der Waals surface area contributed by atoms with Crippen LogP contribution in [0.15, 0.2) is 109 Å². The van der Waals surface area contributed by atoms with Gasteiger partial charge in [0.2, 0.25) is 0 Å². The SMILES string of the molecule is CCCCCCOc1ccc(N(c2ccc(C=Cc3ccnc(-c4cc(C)ccn4)c3)cc2)c2ccc(OCCCCCC)cc2)cc1. The molecule has 0 atom stereocenters. The second-order valence-corrected chi connectivity index (χ2v) is 12.3. The van der Waals surface area contributed by atoms with Gasteiger partial charge in [-0.1, -0.05) is 76.7 Å². The van der Waals surface area contributed by atoms with Crippen LogP contribution < -0.4 is 14.4 Å². The lowest BCUT2D eigenvalue weighted by Gasteiger charge is -2.26. The standard InChI is InChI=1S/C43H49N3O2/c1-4-6-8-10-30-47-40-22-18-38(19-23-40)46(39-20-24-41(25-21-39)48-31-11-9-7-5-2)37-16-14-35(15-17-37)12-13-36-27-29-45-43(33-36)42-32-34(3)26-28-44-42/h12-29,32-33H,4-11,30-31H2,1-3H3. The molecule has 48 heavy (non-hydrogen) atoms. The zero-order chi connectivity index (χ0) is 33.4. The molecule has 2 heterocycles. The molecule has 0 saturated heterocycles. The lowest BCUT2D eigenvalue weighted by atomic mass is 10.1. The maximum absolute atomic E-state index is 6.04. The van der Waals surface area contributed by atoms with E-state index >= 15 is 0 Å². The third-order valence-corrected chi connectivity index (χ3v) is 8.30. The number of hydrogen-bond acceptors (Lipinski definition) is 5. The van der Waals surface area contributed by atoms with E-state index in [2.05, 4.69) is 133 Å². The summed E-state index contributed by atoms with van der Waals surface area (Å²) in [7, 11) is 0. The van der Waals surface area contributed by atoms with Gasteiger partial charge in [-0.05, 0) is 121 Å². The van der Waals surface area contributed by atoms with Crippen LogP contribution in [0, 0.1) is 6.92 Å². The maximum Gasteiger partial charge on any atom is 0.119 e. The summed E-state index contributed by atoms with van der Waals surface area (Å²) in [5.41, 5.74) is 8.32. The van der Waals surface area contributed by atoms with Gasteiger partial charge in [-0.15, -0.1) is 0 Å². The van der Waals surface area contributed by atoms with Crippen molar-refractivity contribution in [2.45, 2.75) is 72.1 Å². The molecule has 0 bridgehead atoms. The first-order chi connectivity index (χ1) is 23.6. The van der Waals surface area contributed by atoms with Gasteiger partial charge >= 0.3 is 0 Å². The van der Waals surface area contributed by atoms with Gasteiger partial charge in [-0.3, -0.25) is 9.97 Å². The minimum atomic E-state index is 0.752. The van der Waals surface area contributed by atoms with Gasteiger partial charge in [0, 0.05) is 29.5 Å². The van der Waals surface area contributed by atoms with Gasteiger partial charge in [-0.2, -0.15) is 0 Å². The van der Waals surface area contributed by atoms with E-state index in [1.165, 1.54) is 44.1 Å². The second kappa shape index (κ2) is 18.4. The van der Waals surface area contributed by atoms with Gasteiger partial charge in [0.25, 0.3) is 0 Å². The Morgan fingerprint density at radius 1 is 0.521 bits per heavy atom. The summed E-state index contributed by atoms with van der Waals surface area (Å²) in [5.74, 6) is 1.81. The summed E-state index contributed by atoms with van der Waals surface area (Å²) in [6.45, 7) is 8.03. The van der Waals surface area contributed by atoms with Crippen molar-refractivity contribution in [1.29, 1.82) is 0 Å². The molecule has 3 aromatic carbocycles. The summed E-state index contributed by atoms with van der Waals surface area (Å²) in [6.07, 6.45) is 17.5. The van der Waals surface area contributed by atoms with Crippen molar-refractivity contribution in [1.82, 2.24) is 9.97 Å². The van der Waals surface area contributed by atoms with Crippen molar-refractivity contribution in [3.8, 4) is 22.9 Å². The van der Waals surface area contributed by atoms with E-state index in [9.17, 15) is 0 Å². The van der Waals surface area contributed by atoms with E-state index in [1.807, 2.05) is 24.5 Å². The molecule has 0 aliphatic carbocycles. The maximum atomic E-state index is 6.04. The predicted molar refractivity (Wildman–Crippen MR) is 202 cm³/mol. The summed E-state index contributed by atoms with van der Waals surface area (Å²) < 4.78 is 12.1. The molecular formula is C43H49N3O2. The van der Waals surface area contributed by atoms with Crippen molar-refractivity contribution in [2.24, 2.45) is 0 Å². The molecule has 0 aliphatic rings. The highest BCUT2D eigenvalue weighted by Crippen LogP contribution is 2.36. The summed E-state index contributed by atoms with van der Waals surface area (Å²) >= 11 is 0. The molecule has 0 fully saturated rings. The van der Waals surface area contributed by atoms with Crippen molar-refractivity contribution < 1.29 is 9.47 Å². The van der Waals surface area contributed by atoms with Crippen LogP contribution in [0.3, 0.4) is 0 Å². The number of aromatic nitrogens is 2. The number of aryl methyl sites for hydroxylation is 1. The number of unbranched alkanes of at least 4 members (excludes halogenated alkanes) is 6. The quantitative estimate of drug-likeness (QED) is 0.0893. The van der Waals surface area contributed by atoms with Crippen molar-refractivity contribution in [3.63, 3.8) is 0 Å². The van der Waals surface area contributed by atoms with E-state index in [4.69, 9.17) is 9.47 Å². The molecule has 0 N–H and O–H groups in total. The molecule has 0 saturated carbocycles. The highest BCUT2D eigenvalue weighted by Gasteiger charge is 2.13. The summed E-state index contributed by atoms with van der Waals surface area (Å²) in [5, 5.41) is 0. The van der Waals surface area contributed by atoms with Crippen LogP contribution in [0.25, 0.3) is 23.5 Å². The zero-order valence-corrected chi connectivity index (χ0v) is 28.8. The zero-order valence-electron chi connectivity index (χ0n) is 28.8. The first kappa shape index (κ1) is 34.4. The first-order valence-electron chi connectivity index (χ1n) is 17.6. The number of benzene rings is 3. The Morgan fingerprint density at radius 2 is 1.00 bits per heavy atom. The minimum absolute atomic E-state index is 0.752. The number of anilines is 3. The van der Waals surface area contributed by atoms with E-state index in [-0.39, 0.29) is 0 Å². The summed E-state index contributed by atoms with van der Waals surface area (Å²) in [4.78, 5) is 11.3. The summed E-state index contributed by atoms with van der Waals surface area (Å²) in [6, 6.07) is 33.6. The average molecular weight is 640 g/mol. The fraction of sp³-hybridized carbons (Fsp3) is 0.302. The Morgan fingerprint density at radius 3 is 1.52 bits per heavy atom. The number of ether oxygens (including phenoxy) is 2. The normalized spacial score (nSPS) is 11.1. The van der Waals surface area contributed by atoms with Crippen LogP contribution in [0.5, 0.6) is 11.5 Å². The molecule has 5 heteroatoms.